The summed E-state index contributed by atoms with van der Waals surface area (Å²) in [5.41, 5.74) is 5.88. The average molecular weight is 422 g/mol. The van der Waals surface area contributed by atoms with E-state index in [0.717, 1.165) is 12.8 Å². The zero-order valence-corrected chi connectivity index (χ0v) is 17.7. The molecule has 10 heteroatoms. The molecule has 0 atom stereocenters. The number of hydrogen-bond acceptors (Lipinski definition) is 6. The molecule has 1 aromatic carbocycles. The van der Waals surface area contributed by atoms with Gasteiger partial charge in [0.05, 0.1) is 13.7 Å². The number of ether oxygens (including phenoxy) is 2. The fraction of sp³-hybridized carbons (Fsp3) is 0.421. The van der Waals surface area contributed by atoms with Crippen molar-refractivity contribution in [3.05, 3.63) is 45.1 Å². The van der Waals surface area contributed by atoms with E-state index in [-0.39, 0.29) is 23.2 Å². The summed E-state index contributed by atoms with van der Waals surface area (Å²) in [6.45, 7) is 2.98. The maximum Gasteiger partial charge on any atom is 0.330 e. The standard InChI is InChI=1S/C19H27N5O4S/c1-4-5-9-24-16(20)15(17(25)22-18(24)26)23(10-11-27-2)19(29)21-13-7-6-8-14(12-13)28-3/h6-8,12H,4-5,9-11,20H2,1-3H3,(H,21,29)(H,22,25,26). The van der Waals surface area contributed by atoms with Crippen LogP contribution in [0.1, 0.15) is 19.8 Å². The Morgan fingerprint density at radius 2 is 2.10 bits per heavy atom. The van der Waals surface area contributed by atoms with Crippen LogP contribution in [0.5, 0.6) is 5.75 Å². The first-order valence-electron chi connectivity index (χ1n) is 9.27. The number of methoxy groups -OCH3 is 2. The van der Waals surface area contributed by atoms with Crippen LogP contribution in [0, 0.1) is 0 Å². The number of nitrogens with zero attached hydrogens (tertiary/aromatic N) is 2. The van der Waals surface area contributed by atoms with Crippen LogP contribution in [-0.2, 0) is 11.3 Å². The Morgan fingerprint density at radius 3 is 2.76 bits per heavy atom. The zero-order valence-electron chi connectivity index (χ0n) is 16.9. The van der Waals surface area contributed by atoms with Crippen LogP contribution in [0.4, 0.5) is 17.2 Å². The molecule has 0 saturated heterocycles. The maximum atomic E-state index is 12.6. The van der Waals surface area contributed by atoms with Crippen LogP contribution in [0.3, 0.4) is 0 Å². The molecule has 0 unspecified atom stereocenters. The molecule has 1 aromatic heterocycles. The van der Waals surface area contributed by atoms with E-state index in [4.69, 9.17) is 27.4 Å². The minimum Gasteiger partial charge on any atom is -0.497 e. The Morgan fingerprint density at radius 1 is 1.34 bits per heavy atom. The first-order valence-corrected chi connectivity index (χ1v) is 9.67. The number of aromatic nitrogens is 2. The number of anilines is 3. The van der Waals surface area contributed by atoms with Crippen LogP contribution in [0.15, 0.2) is 33.9 Å². The van der Waals surface area contributed by atoms with Crippen molar-refractivity contribution in [3.8, 4) is 5.75 Å². The lowest BCUT2D eigenvalue weighted by atomic mass is 10.3. The lowest BCUT2D eigenvalue weighted by Crippen LogP contribution is -2.44. The molecule has 9 nitrogen and oxygen atoms in total. The molecule has 0 aliphatic heterocycles. The van der Waals surface area contributed by atoms with E-state index in [0.29, 0.717) is 24.6 Å². The van der Waals surface area contributed by atoms with Crippen LogP contribution >= 0.6 is 12.2 Å². The van der Waals surface area contributed by atoms with Gasteiger partial charge in [-0.2, -0.15) is 0 Å². The van der Waals surface area contributed by atoms with Gasteiger partial charge >= 0.3 is 5.69 Å². The van der Waals surface area contributed by atoms with Crippen molar-refractivity contribution in [3.63, 3.8) is 0 Å². The predicted octanol–water partition coefficient (Wildman–Crippen LogP) is 1.78. The highest BCUT2D eigenvalue weighted by Gasteiger charge is 2.22. The van der Waals surface area contributed by atoms with E-state index < -0.39 is 11.2 Å². The first kappa shape index (κ1) is 22.4. The van der Waals surface area contributed by atoms with E-state index in [1.807, 2.05) is 25.1 Å². The van der Waals surface area contributed by atoms with Crippen molar-refractivity contribution in [2.24, 2.45) is 0 Å². The van der Waals surface area contributed by atoms with Gasteiger partial charge in [0, 0.05) is 32.0 Å². The second-order valence-electron chi connectivity index (χ2n) is 6.30. The predicted molar refractivity (Wildman–Crippen MR) is 119 cm³/mol. The van der Waals surface area contributed by atoms with Gasteiger partial charge in [-0.05, 0) is 30.8 Å². The number of unbranched alkanes of at least 4 members (excludes halogenated alkanes) is 1. The number of nitrogen functional groups attached to an aromatic ring is 1. The van der Waals surface area contributed by atoms with Crippen LogP contribution < -0.4 is 31.9 Å². The molecule has 2 rings (SSSR count). The first-order chi connectivity index (χ1) is 13.9. The van der Waals surface area contributed by atoms with E-state index in [1.54, 1.807) is 20.3 Å². The Balaban J connectivity index is 2.44. The monoisotopic (exact) mass is 421 g/mol. The highest BCUT2D eigenvalue weighted by atomic mass is 32.1. The smallest absolute Gasteiger partial charge is 0.330 e. The van der Waals surface area contributed by atoms with Crippen LogP contribution in [-0.4, -0.2) is 42.0 Å². The third kappa shape index (κ3) is 5.58. The van der Waals surface area contributed by atoms with Gasteiger partial charge in [-0.15, -0.1) is 0 Å². The summed E-state index contributed by atoms with van der Waals surface area (Å²) < 4.78 is 11.7. The summed E-state index contributed by atoms with van der Waals surface area (Å²) in [5.74, 6) is 0.727. The van der Waals surface area contributed by atoms with Gasteiger partial charge < -0.3 is 25.4 Å². The maximum absolute atomic E-state index is 12.6. The molecule has 0 aliphatic rings. The second-order valence-corrected chi connectivity index (χ2v) is 6.69. The molecule has 2 aromatic rings. The third-order valence-corrected chi connectivity index (χ3v) is 4.63. The molecule has 29 heavy (non-hydrogen) atoms. The number of H-pyrrole nitrogens is 1. The molecule has 0 fully saturated rings. The fourth-order valence-electron chi connectivity index (χ4n) is 2.77. The van der Waals surface area contributed by atoms with E-state index in [9.17, 15) is 9.59 Å². The van der Waals surface area contributed by atoms with Crippen molar-refractivity contribution in [1.29, 1.82) is 0 Å². The minimum absolute atomic E-state index is 0.0677. The van der Waals surface area contributed by atoms with Gasteiger partial charge in [-0.1, -0.05) is 19.4 Å². The highest BCUT2D eigenvalue weighted by Crippen LogP contribution is 2.21. The number of nitrogens with one attached hydrogen (secondary N) is 2. The summed E-state index contributed by atoms with van der Waals surface area (Å²) in [7, 11) is 3.12. The summed E-state index contributed by atoms with van der Waals surface area (Å²) in [6, 6.07) is 7.22. The van der Waals surface area contributed by atoms with E-state index >= 15 is 0 Å². The third-order valence-electron chi connectivity index (χ3n) is 4.30. The Bertz CT molecular complexity index is 956. The van der Waals surface area contributed by atoms with Crippen molar-refractivity contribution in [2.75, 3.05) is 43.3 Å². The topological polar surface area (TPSA) is 115 Å². The van der Waals surface area contributed by atoms with Gasteiger partial charge in [0.25, 0.3) is 5.56 Å². The van der Waals surface area contributed by atoms with E-state index in [1.165, 1.54) is 9.47 Å². The zero-order chi connectivity index (χ0) is 21.4. The van der Waals surface area contributed by atoms with Crippen molar-refractivity contribution in [2.45, 2.75) is 26.3 Å². The Kier molecular flexibility index (Phi) is 8.22. The summed E-state index contributed by atoms with van der Waals surface area (Å²) in [5, 5.41) is 3.33. The van der Waals surface area contributed by atoms with Crippen molar-refractivity contribution < 1.29 is 9.47 Å². The number of nitrogens with two attached hydrogens (primary N) is 1. The number of benzene rings is 1. The lowest BCUT2D eigenvalue weighted by molar-refractivity contribution is 0.208. The molecule has 1 heterocycles. The van der Waals surface area contributed by atoms with Gasteiger partial charge in [-0.25, -0.2) is 4.79 Å². The summed E-state index contributed by atoms with van der Waals surface area (Å²) in [6.07, 6.45) is 1.63. The molecule has 0 amide bonds. The quantitative estimate of drug-likeness (QED) is 0.525. The number of thiocarbonyl (C=S) groups is 1. The molecule has 4 N–H and O–H groups in total. The Hall–Kier alpha value is -2.85. The molecule has 0 radical (unpaired) electrons. The van der Waals surface area contributed by atoms with Gasteiger partial charge in [0.1, 0.15) is 11.6 Å². The largest absolute Gasteiger partial charge is 0.497 e. The van der Waals surface area contributed by atoms with Gasteiger partial charge in [0.2, 0.25) is 0 Å². The highest BCUT2D eigenvalue weighted by molar-refractivity contribution is 7.80. The summed E-state index contributed by atoms with van der Waals surface area (Å²) in [4.78, 5) is 28.7. The van der Waals surface area contributed by atoms with E-state index in [2.05, 4.69) is 10.3 Å². The number of aromatic amines is 1. The number of rotatable bonds is 9. The normalized spacial score (nSPS) is 10.6. The minimum atomic E-state index is -0.605. The van der Waals surface area contributed by atoms with Crippen LogP contribution in [0.2, 0.25) is 0 Å². The lowest BCUT2D eigenvalue weighted by Gasteiger charge is -2.27. The molecule has 0 saturated carbocycles. The van der Waals surface area contributed by atoms with Crippen LogP contribution in [0.25, 0.3) is 0 Å². The van der Waals surface area contributed by atoms with Gasteiger partial charge in [0.15, 0.2) is 10.8 Å². The SMILES string of the molecule is CCCCn1c(N)c(N(CCOC)C(=S)Nc2cccc(OC)c2)c(=O)[nH]c1=O. The fourth-order valence-corrected chi connectivity index (χ4v) is 3.07. The van der Waals surface area contributed by atoms with Crippen molar-refractivity contribution >= 4 is 34.5 Å². The van der Waals surface area contributed by atoms with Crippen molar-refractivity contribution in [1.82, 2.24) is 9.55 Å². The molecular formula is C19H27N5O4S. The molecular weight excluding hydrogens is 394 g/mol. The molecule has 0 bridgehead atoms. The second kappa shape index (κ2) is 10.6. The summed E-state index contributed by atoms with van der Waals surface area (Å²) >= 11 is 5.54. The number of hydrogen-bond donors (Lipinski definition) is 3. The molecule has 0 aliphatic carbocycles. The molecule has 0 spiro atoms. The average Bonchev–Trinajstić information content (AvgIpc) is 2.70. The Labute approximate surface area is 174 Å². The van der Waals surface area contributed by atoms with Gasteiger partial charge in [-0.3, -0.25) is 14.3 Å². The molecule has 158 valence electrons.